The first-order valence-corrected chi connectivity index (χ1v) is 13.2. The largest absolute Gasteiger partial charge is 0.493 e. The van der Waals surface area contributed by atoms with Crippen molar-refractivity contribution in [3.05, 3.63) is 35.9 Å². The smallest absolute Gasteiger partial charge is 0.324 e. The van der Waals surface area contributed by atoms with Crippen LogP contribution in [0, 0.1) is 0 Å². The van der Waals surface area contributed by atoms with Crippen molar-refractivity contribution in [2.24, 2.45) is 0 Å². The fraction of sp³-hybridized carbons (Fsp3) is 0.391. The van der Waals surface area contributed by atoms with Crippen molar-refractivity contribution in [2.75, 3.05) is 34.5 Å². The molecule has 0 saturated carbocycles. The second-order valence-corrected chi connectivity index (χ2v) is 10.3. The standard InChI is InChI=1S/C23H25N3O8S2/c1-31-18-11-14(12-19(32-2)22(18)33-3)17(27)13-34-23(28)16-8-4-5-10-26(16)36(29,30)20-9-6-7-15-21(20)25-35-24-15/h6-7,9,11-12,16H,4-5,8,10,13H2,1-3H3. The van der Waals surface area contributed by atoms with Crippen LogP contribution in [0.3, 0.4) is 0 Å². The summed E-state index contributed by atoms with van der Waals surface area (Å²) < 4.78 is 57.5. The van der Waals surface area contributed by atoms with E-state index in [2.05, 4.69) is 8.75 Å². The maximum absolute atomic E-state index is 13.5. The number of sulfonamides is 1. The van der Waals surface area contributed by atoms with Crippen molar-refractivity contribution in [3.8, 4) is 17.2 Å². The molecular weight excluding hydrogens is 510 g/mol. The van der Waals surface area contributed by atoms with Gasteiger partial charge in [-0.05, 0) is 43.5 Å². The number of fused-ring (bicyclic) bond motifs is 1. The number of rotatable bonds is 9. The predicted octanol–water partition coefficient (Wildman–Crippen LogP) is 2.69. The maximum atomic E-state index is 13.5. The molecule has 1 aliphatic rings. The van der Waals surface area contributed by atoms with Gasteiger partial charge >= 0.3 is 5.97 Å². The van der Waals surface area contributed by atoms with Crippen molar-refractivity contribution in [3.63, 3.8) is 0 Å². The van der Waals surface area contributed by atoms with E-state index in [1.54, 1.807) is 12.1 Å². The first kappa shape index (κ1) is 25.8. The van der Waals surface area contributed by atoms with Gasteiger partial charge in [0.1, 0.15) is 22.0 Å². The average Bonchev–Trinajstić information content (AvgIpc) is 3.39. The fourth-order valence-electron chi connectivity index (χ4n) is 4.10. The van der Waals surface area contributed by atoms with E-state index < -0.39 is 34.4 Å². The molecule has 1 atom stereocenters. The van der Waals surface area contributed by atoms with Crippen LogP contribution in [0.2, 0.25) is 0 Å². The molecule has 1 unspecified atom stereocenters. The zero-order chi connectivity index (χ0) is 25.9. The van der Waals surface area contributed by atoms with Gasteiger partial charge in [0.25, 0.3) is 0 Å². The molecule has 3 aromatic rings. The predicted molar refractivity (Wildman–Crippen MR) is 130 cm³/mol. The molecule has 1 saturated heterocycles. The monoisotopic (exact) mass is 535 g/mol. The Labute approximate surface area is 212 Å². The first-order chi connectivity index (χ1) is 17.3. The molecule has 0 bridgehead atoms. The summed E-state index contributed by atoms with van der Waals surface area (Å²) in [7, 11) is 0.224. The van der Waals surface area contributed by atoms with E-state index in [0.717, 1.165) is 16.0 Å². The quantitative estimate of drug-likeness (QED) is 0.297. The lowest BCUT2D eigenvalue weighted by Crippen LogP contribution is -2.48. The highest BCUT2D eigenvalue weighted by atomic mass is 32.2. The molecule has 0 radical (unpaired) electrons. The van der Waals surface area contributed by atoms with Crippen LogP contribution in [0.15, 0.2) is 35.2 Å². The molecule has 0 spiro atoms. The normalized spacial score (nSPS) is 16.5. The van der Waals surface area contributed by atoms with E-state index in [-0.39, 0.29) is 40.4 Å². The first-order valence-electron chi connectivity index (χ1n) is 11.0. The highest BCUT2D eigenvalue weighted by molar-refractivity contribution is 7.89. The SMILES string of the molecule is COc1cc(C(=O)COC(=O)C2CCCCN2S(=O)(=O)c2cccc3nsnc23)cc(OC)c1OC. The number of ketones is 1. The average molecular weight is 536 g/mol. The van der Waals surface area contributed by atoms with Gasteiger partial charge in [-0.15, -0.1) is 0 Å². The van der Waals surface area contributed by atoms with E-state index in [1.807, 2.05) is 0 Å². The van der Waals surface area contributed by atoms with Gasteiger partial charge in [0, 0.05) is 12.1 Å². The molecule has 0 aliphatic carbocycles. The molecule has 36 heavy (non-hydrogen) atoms. The van der Waals surface area contributed by atoms with Crippen LogP contribution in [-0.4, -0.2) is 73.7 Å². The summed E-state index contributed by atoms with van der Waals surface area (Å²) in [6.07, 6.45) is 1.52. The summed E-state index contributed by atoms with van der Waals surface area (Å²) >= 11 is 0.916. The highest BCUT2D eigenvalue weighted by Crippen LogP contribution is 2.38. The van der Waals surface area contributed by atoms with Crippen molar-refractivity contribution >= 4 is 44.5 Å². The number of piperidine rings is 1. The molecule has 0 N–H and O–H groups in total. The molecule has 2 heterocycles. The van der Waals surface area contributed by atoms with Crippen LogP contribution in [0.25, 0.3) is 11.0 Å². The Bertz CT molecular complexity index is 1360. The zero-order valence-electron chi connectivity index (χ0n) is 19.9. The van der Waals surface area contributed by atoms with Crippen LogP contribution >= 0.6 is 11.7 Å². The second-order valence-electron chi connectivity index (χ2n) is 7.96. The van der Waals surface area contributed by atoms with Crippen LogP contribution in [0.5, 0.6) is 17.2 Å². The highest BCUT2D eigenvalue weighted by Gasteiger charge is 2.40. The van der Waals surface area contributed by atoms with Crippen LogP contribution in [0.1, 0.15) is 29.6 Å². The van der Waals surface area contributed by atoms with E-state index in [4.69, 9.17) is 18.9 Å². The molecule has 1 aromatic heterocycles. The Kier molecular flexibility index (Phi) is 7.71. The third-order valence-electron chi connectivity index (χ3n) is 5.89. The van der Waals surface area contributed by atoms with Gasteiger partial charge in [0.2, 0.25) is 21.6 Å². The van der Waals surface area contributed by atoms with Crippen LogP contribution in [0.4, 0.5) is 0 Å². The summed E-state index contributed by atoms with van der Waals surface area (Å²) in [6, 6.07) is 6.57. The lowest BCUT2D eigenvalue weighted by molar-refractivity contribution is -0.148. The van der Waals surface area contributed by atoms with Crippen molar-refractivity contribution in [1.82, 2.24) is 13.1 Å². The number of carbonyl (C=O) groups excluding carboxylic acids is 2. The molecule has 1 fully saturated rings. The second kappa shape index (κ2) is 10.8. The number of ether oxygens (including phenoxy) is 4. The lowest BCUT2D eigenvalue weighted by Gasteiger charge is -2.32. The molecule has 1 aliphatic heterocycles. The zero-order valence-corrected chi connectivity index (χ0v) is 21.6. The summed E-state index contributed by atoms with van der Waals surface area (Å²) in [6.45, 7) is -0.426. The number of hydrogen-bond donors (Lipinski definition) is 0. The topological polar surface area (TPSA) is 134 Å². The number of nitrogens with zero attached hydrogens (tertiary/aromatic N) is 3. The third kappa shape index (κ3) is 4.86. The minimum atomic E-state index is -4.06. The number of esters is 1. The number of aromatic nitrogens is 2. The van der Waals surface area contributed by atoms with Gasteiger partial charge in [0.05, 0.1) is 33.1 Å². The van der Waals surface area contributed by atoms with E-state index >= 15 is 0 Å². The Morgan fingerprint density at radius 3 is 2.44 bits per heavy atom. The molecule has 2 aromatic carbocycles. The van der Waals surface area contributed by atoms with E-state index in [9.17, 15) is 18.0 Å². The Hall–Kier alpha value is -3.29. The summed E-state index contributed by atoms with van der Waals surface area (Å²) in [5, 5.41) is 0. The van der Waals surface area contributed by atoms with Gasteiger partial charge in [-0.25, -0.2) is 8.42 Å². The Balaban J connectivity index is 1.53. The molecule has 13 heteroatoms. The number of carbonyl (C=O) groups is 2. The Morgan fingerprint density at radius 2 is 1.78 bits per heavy atom. The fourth-order valence-corrected chi connectivity index (χ4v) is 6.50. The van der Waals surface area contributed by atoms with Gasteiger partial charge < -0.3 is 18.9 Å². The van der Waals surface area contributed by atoms with Crippen LogP contribution < -0.4 is 14.2 Å². The maximum Gasteiger partial charge on any atom is 0.324 e. The van der Waals surface area contributed by atoms with E-state index in [0.29, 0.717) is 24.1 Å². The number of Topliss-reactive ketones (excluding diaryl/α,β-unsaturated/α-hetero) is 1. The van der Waals surface area contributed by atoms with Crippen molar-refractivity contribution in [1.29, 1.82) is 0 Å². The van der Waals surface area contributed by atoms with Gasteiger partial charge in [-0.2, -0.15) is 13.1 Å². The third-order valence-corrected chi connectivity index (χ3v) is 8.38. The molecule has 11 nitrogen and oxygen atoms in total. The lowest BCUT2D eigenvalue weighted by atomic mass is 10.1. The number of benzene rings is 2. The summed E-state index contributed by atoms with van der Waals surface area (Å²) in [5.74, 6) is -0.417. The number of methoxy groups -OCH3 is 3. The van der Waals surface area contributed by atoms with Crippen molar-refractivity contribution in [2.45, 2.75) is 30.2 Å². The molecule has 0 amide bonds. The Morgan fingerprint density at radius 1 is 1.06 bits per heavy atom. The van der Waals surface area contributed by atoms with E-state index in [1.165, 1.54) is 39.5 Å². The van der Waals surface area contributed by atoms with Crippen molar-refractivity contribution < 1.29 is 37.0 Å². The van der Waals surface area contributed by atoms with Crippen LogP contribution in [-0.2, 0) is 19.6 Å². The minimum Gasteiger partial charge on any atom is -0.493 e. The van der Waals surface area contributed by atoms with Gasteiger partial charge in [-0.3, -0.25) is 9.59 Å². The minimum absolute atomic E-state index is 0.0121. The molecule has 192 valence electrons. The summed E-state index contributed by atoms with van der Waals surface area (Å²) in [4.78, 5) is 25.8. The molecule has 4 rings (SSSR count). The summed E-state index contributed by atoms with van der Waals surface area (Å²) in [5.41, 5.74) is 0.916. The number of hydrogen-bond acceptors (Lipinski definition) is 11. The molecular formula is C23H25N3O8S2. The van der Waals surface area contributed by atoms with Gasteiger partial charge in [0.15, 0.2) is 18.1 Å². The van der Waals surface area contributed by atoms with Gasteiger partial charge in [-0.1, -0.05) is 6.07 Å².